The number of Topliss-reactive ketones (excluding diaryl/α,β-unsaturated/α-hetero) is 1. The van der Waals surface area contributed by atoms with Gasteiger partial charge in [-0.05, 0) is 166 Å². The molecule has 2 saturated heterocycles. The van der Waals surface area contributed by atoms with Crippen molar-refractivity contribution < 1.29 is 49.8 Å². The molecule has 2 aliphatic heterocycles. The van der Waals surface area contributed by atoms with Crippen LogP contribution in [0.3, 0.4) is 0 Å². The predicted octanol–water partition coefficient (Wildman–Crippen LogP) is 13.2. The summed E-state index contributed by atoms with van der Waals surface area (Å²) in [7, 11) is 0. The highest BCUT2D eigenvalue weighted by atomic mass is 35.5. The molecule has 0 bridgehead atoms. The molecule has 8 aromatic rings. The number of fused-ring (bicyclic) bond motifs is 2. The van der Waals surface area contributed by atoms with Crippen LogP contribution in [0.25, 0.3) is 11.3 Å². The minimum atomic E-state index is -4.36. The van der Waals surface area contributed by atoms with Gasteiger partial charge in [0, 0.05) is 95.5 Å². The van der Waals surface area contributed by atoms with E-state index >= 15 is 4.39 Å². The third-order valence-electron chi connectivity index (χ3n) is 14.1. The van der Waals surface area contributed by atoms with E-state index in [1.54, 1.807) is 29.7 Å². The molecular formula is C60H64ClF8N9O3. The van der Waals surface area contributed by atoms with Gasteiger partial charge in [0.05, 0.1) is 33.9 Å². The number of hydrogen-bond donors (Lipinski definition) is 2. The Labute approximate surface area is 470 Å². The van der Waals surface area contributed by atoms with E-state index in [-0.39, 0.29) is 29.5 Å². The van der Waals surface area contributed by atoms with Gasteiger partial charge in [-0.2, -0.15) is 26.3 Å². The van der Waals surface area contributed by atoms with Gasteiger partial charge in [0.2, 0.25) is 0 Å². The number of aromatic carboxylic acids is 1. The van der Waals surface area contributed by atoms with E-state index in [0.29, 0.717) is 99.4 Å². The Morgan fingerprint density at radius 3 is 1.36 bits per heavy atom. The number of imidazole rings is 2. The van der Waals surface area contributed by atoms with E-state index in [1.807, 2.05) is 87.4 Å². The van der Waals surface area contributed by atoms with Crippen LogP contribution < -0.4 is 25.3 Å². The highest BCUT2D eigenvalue weighted by Crippen LogP contribution is 2.33. The number of carboxylic acids is 1. The summed E-state index contributed by atoms with van der Waals surface area (Å²) in [6.45, 7) is 12.8. The summed E-state index contributed by atoms with van der Waals surface area (Å²) in [4.78, 5) is 40.6. The highest BCUT2D eigenvalue weighted by molar-refractivity contribution is 6.15. The number of pyridine rings is 2. The lowest BCUT2D eigenvalue weighted by atomic mass is 10.0. The monoisotopic (exact) mass is 1150 g/mol. The molecule has 0 atom stereocenters. The molecule has 2 fully saturated rings. The van der Waals surface area contributed by atoms with E-state index in [0.717, 1.165) is 76.4 Å². The van der Waals surface area contributed by atoms with Crippen molar-refractivity contribution in [2.24, 2.45) is 5.73 Å². The Hall–Kier alpha value is -7.71. The minimum absolute atomic E-state index is 0.0378. The standard InChI is InChI=1S/C30H30F4N4O.C19H21F4N3.C10H10N2O2.CH3Cl/c1-20-12-15-38-28(18-20)35-21(2)29(38)27(39)11-5-22-4-10-26(25(31)19-22)37-14-3-13-36(16-17-37)24-8-6-23(7-9-24)30(32,33)34;20-17-12-14(13-24)2-7-18(17)26-9-1-8-25(10-11-26)16-5-3-15(4-6-16)19(21,22)23;1-6-3-4-12-8(5-6)11-7(2)9(12)10(13)14;1-2/h4,6-10,12,15,18-19H,3,5,11,13-14,16-17H2,1-2H3;2-7,12H,1,8-11,13,24H2;3-5H,1-2H3,(H,13,14);1H3. The van der Waals surface area contributed by atoms with E-state index in [2.05, 4.69) is 21.6 Å². The lowest BCUT2D eigenvalue weighted by Gasteiger charge is -2.25. The summed E-state index contributed by atoms with van der Waals surface area (Å²) < 4.78 is 110. The van der Waals surface area contributed by atoms with Crippen LogP contribution in [0.4, 0.5) is 57.9 Å². The fourth-order valence-corrected chi connectivity index (χ4v) is 9.95. The van der Waals surface area contributed by atoms with Gasteiger partial charge in [0.25, 0.3) is 0 Å². The number of carbonyl (C=O) groups excluding carboxylic acids is 1. The second-order valence-corrected chi connectivity index (χ2v) is 19.7. The number of benzene rings is 4. The average molecular weight is 1150 g/mol. The summed E-state index contributed by atoms with van der Waals surface area (Å²) in [6, 6.07) is 28.1. The molecule has 4 aromatic heterocycles. The van der Waals surface area contributed by atoms with Crippen LogP contribution >= 0.6 is 11.6 Å². The van der Waals surface area contributed by atoms with Crippen LogP contribution in [0.15, 0.2) is 122 Å². The number of aromatic nitrogens is 4. The Kier molecular flexibility index (Phi) is 20.1. The van der Waals surface area contributed by atoms with Crippen molar-refractivity contribution in [2.45, 2.75) is 72.3 Å². The SMILES string of the molecule is CCl.Cc1ccn2c(C(=O)CCc3ccc(N4CCCN(c5ccc(C(F)(F)F)cc5)CC4)c(F)c3)c(C)nc2c1.Cc1ccn2c(C(=O)O)c(C)nc2c1.NCc1ccc(N2CCCN(c3ccc(C(F)(F)F)cc3)CC2)c(F)c1. The summed E-state index contributed by atoms with van der Waals surface area (Å²) in [5, 5.41) is 8.96. The zero-order valence-electron chi connectivity index (χ0n) is 45.6. The number of rotatable bonds is 10. The maximum Gasteiger partial charge on any atom is 0.416 e. The van der Waals surface area contributed by atoms with E-state index in [1.165, 1.54) is 42.8 Å². The summed E-state index contributed by atoms with van der Waals surface area (Å²) in [6.07, 6.45) is -1.45. The molecular weight excluding hydrogens is 1080 g/mol. The van der Waals surface area contributed by atoms with Gasteiger partial charge in [-0.1, -0.05) is 12.1 Å². The van der Waals surface area contributed by atoms with E-state index in [9.17, 15) is 40.3 Å². The largest absolute Gasteiger partial charge is 0.477 e. The maximum atomic E-state index is 15.2. The molecule has 2 aliphatic rings. The van der Waals surface area contributed by atoms with E-state index in [4.69, 9.17) is 10.8 Å². The van der Waals surface area contributed by atoms with Crippen LogP contribution in [0.2, 0.25) is 0 Å². The van der Waals surface area contributed by atoms with Gasteiger partial charge in [0.15, 0.2) is 11.5 Å². The summed E-state index contributed by atoms with van der Waals surface area (Å²) in [5.74, 6) is -1.62. The van der Waals surface area contributed by atoms with Crippen molar-refractivity contribution >= 4 is 57.4 Å². The number of anilines is 4. The fraction of sp³-hybridized carbons (Fsp3) is 0.333. The van der Waals surface area contributed by atoms with Crippen LogP contribution in [0.5, 0.6) is 0 Å². The lowest BCUT2D eigenvalue weighted by Crippen LogP contribution is -2.31. The summed E-state index contributed by atoms with van der Waals surface area (Å²) in [5.41, 5.74) is 13.8. The van der Waals surface area contributed by atoms with Gasteiger partial charge in [-0.15, -0.1) is 11.6 Å². The normalized spacial score (nSPS) is 14.1. The van der Waals surface area contributed by atoms with Gasteiger partial charge in [0.1, 0.15) is 28.6 Å². The van der Waals surface area contributed by atoms with Gasteiger partial charge < -0.3 is 30.4 Å². The number of carboxylic acid groups (broad SMARTS) is 1. The third kappa shape index (κ3) is 15.2. The Morgan fingerprint density at radius 2 is 0.938 bits per heavy atom. The molecule has 0 radical (unpaired) electrons. The van der Waals surface area contributed by atoms with Crippen LogP contribution in [-0.2, 0) is 25.3 Å². The molecule has 0 unspecified atom stereocenters. The Balaban J connectivity index is 0.000000192. The molecule has 430 valence electrons. The lowest BCUT2D eigenvalue weighted by molar-refractivity contribution is -0.138. The molecule has 81 heavy (non-hydrogen) atoms. The van der Waals surface area contributed by atoms with Crippen molar-refractivity contribution in [1.82, 2.24) is 18.8 Å². The predicted molar refractivity (Wildman–Crippen MR) is 302 cm³/mol. The number of nitrogens with zero attached hydrogens (tertiary/aromatic N) is 8. The summed E-state index contributed by atoms with van der Waals surface area (Å²) >= 11 is 4.64. The van der Waals surface area contributed by atoms with Gasteiger partial charge in [-0.25, -0.2) is 23.5 Å². The quantitative estimate of drug-likeness (QED) is 0.0776. The van der Waals surface area contributed by atoms with Crippen molar-refractivity contribution in [1.29, 1.82) is 0 Å². The van der Waals surface area contributed by atoms with Gasteiger partial charge in [-0.3, -0.25) is 13.6 Å². The zero-order chi connectivity index (χ0) is 58.8. The number of alkyl halides is 7. The number of halogens is 9. The second-order valence-electron chi connectivity index (χ2n) is 19.7. The number of carbonyl (C=O) groups is 2. The Morgan fingerprint density at radius 1 is 0.543 bits per heavy atom. The number of nitrogens with two attached hydrogens (primary N) is 1. The smallest absolute Gasteiger partial charge is 0.416 e. The number of hydrogen-bond acceptors (Lipinski definition) is 9. The first-order valence-electron chi connectivity index (χ1n) is 26.2. The first-order valence-corrected chi connectivity index (χ1v) is 27.0. The first kappa shape index (κ1) is 60.9. The van der Waals surface area contributed by atoms with Crippen molar-refractivity contribution in [3.63, 3.8) is 0 Å². The molecule has 0 spiro atoms. The van der Waals surface area contributed by atoms with E-state index < -0.39 is 29.4 Å². The fourth-order valence-electron chi connectivity index (χ4n) is 9.95. The van der Waals surface area contributed by atoms with Crippen LogP contribution in [0.1, 0.15) is 85.0 Å². The molecule has 0 saturated carbocycles. The first-order chi connectivity index (χ1) is 38.6. The maximum absolute atomic E-state index is 15.2. The topological polar surface area (TPSA) is 128 Å². The third-order valence-corrected chi connectivity index (χ3v) is 14.1. The second kappa shape index (κ2) is 26.7. The van der Waals surface area contributed by atoms with Crippen LogP contribution in [-0.4, -0.2) is 94.4 Å². The molecule has 3 N–H and O–H groups in total. The zero-order valence-corrected chi connectivity index (χ0v) is 46.3. The molecule has 6 heterocycles. The number of ketones is 1. The number of aryl methyl sites for hydroxylation is 5. The molecule has 10 rings (SSSR count). The molecule has 4 aromatic carbocycles. The molecule has 0 amide bonds. The van der Waals surface area contributed by atoms with Crippen molar-refractivity contribution in [2.75, 3.05) is 78.3 Å². The van der Waals surface area contributed by atoms with Crippen LogP contribution in [0, 0.1) is 39.3 Å². The molecule has 21 heteroatoms. The van der Waals surface area contributed by atoms with Crippen molar-refractivity contribution in [3.05, 3.63) is 189 Å². The molecule has 0 aliphatic carbocycles. The molecule has 12 nitrogen and oxygen atoms in total. The minimum Gasteiger partial charge on any atom is -0.477 e. The Bertz CT molecular complexity index is 3440. The van der Waals surface area contributed by atoms with Crippen molar-refractivity contribution in [3.8, 4) is 0 Å². The van der Waals surface area contributed by atoms with Gasteiger partial charge >= 0.3 is 18.3 Å². The average Bonchev–Trinajstić information content (AvgIpc) is 3.73. The highest BCUT2D eigenvalue weighted by Gasteiger charge is 2.32.